The maximum absolute atomic E-state index is 11.5. The van der Waals surface area contributed by atoms with Crippen molar-refractivity contribution in [1.82, 2.24) is 10.3 Å². The number of methoxy groups -OCH3 is 1. The lowest BCUT2D eigenvalue weighted by atomic mass is 10.0. The second-order valence-corrected chi connectivity index (χ2v) is 6.66. The van der Waals surface area contributed by atoms with Crippen molar-refractivity contribution in [3.05, 3.63) is 70.0 Å². The number of phenolic OH excluding ortho intramolecular Hbond substituents is 1. The van der Waals surface area contributed by atoms with Crippen LogP contribution in [-0.2, 0) is 6.42 Å². The van der Waals surface area contributed by atoms with E-state index in [-0.39, 0.29) is 29.8 Å². The maximum atomic E-state index is 11.5. The number of benzene rings is 2. The van der Waals surface area contributed by atoms with Crippen LogP contribution in [-0.4, -0.2) is 34.9 Å². The monoisotopic (exact) mass is 404 g/mol. The van der Waals surface area contributed by atoms with E-state index >= 15 is 0 Å². The van der Waals surface area contributed by atoms with E-state index < -0.39 is 6.10 Å². The van der Waals surface area contributed by atoms with Crippen LogP contribution in [0.2, 0.25) is 0 Å². The summed E-state index contributed by atoms with van der Waals surface area (Å²) < 4.78 is 5.16. The fourth-order valence-electron chi connectivity index (χ4n) is 3.16. The molecule has 6 nitrogen and oxygen atoms in total. The van der Waals surface area contributed by atoms with Crippen LogP contribution in [0.15, 0.2) is 53.3 Å². The van der Waals surface area contributed by atoms with Gasteiger partial charge in [0, 0.05) is 24.0 Å². The molecular weight excluding hydrogens is 380 g/mol. The Bertz CT molecular complexity index is 972. The summed E-state index contributed by atoms with van der Waals surface area (Å²) in [4.78, 5) is 14.1. The third-order valence-electron chi connectivity index (χ3n) is 4.63. The lowest BCUT2D eigenvalue weighted by Gasteiger charge is -2.19. The fraction of sp³-hybridized carbons (Fsp3) is 0.286. The molecule has 0 amide bonds. The number of fused-ring (bicyclic) bond motifs is 1. The molecule has 0 aliphatic heterocycles. The number of rotatable bonds is 7. The molecule has 0 saturated carbocycles. The summed E-state index contributed by atoms with van der Waals surface area (Å²) in [6.07, 6.45) is 0.0534. The number of aliphatic hydroxyl groups is 1. The number of hydrogen-bond donors (Lipinski definition) is 4. The minimum absolute atomic E-state index is 0. The number of nitrogens with one attached hydrogen (secondary N) is 2. The SMILES string of the molecule is COc1ccc(C[C@H](C)NC[C@@H](O)c2ccc(O)c3[nH]c(=O)ccc23)cc1.Cl. The largest absolute Gasteiger partial charge is 0.506 e. The number of aromatic amines is 1. The number of halogens is 1. The Morgan fingerprint density at radius 1 is 1.11 bits per heavy atom. The van der Waals surface area contributed by atoms with Crippen LogP contribution < -0.4 is 15.6 Å². The molecule has 3 aromatic rings. The Morgan fingerprint density at radius 2 is 1.82 bits per heavy atom. The Kier molecular flexibility index (Phi) is 7.45. The van der Waals surface area contributed by atoms with Gasteiger partial charge in [-0.1, -0.05) is 18.2 Å². The summed E-state index contributed by atoms with van der Waals surface area (Å²) in [6, 6.07) is 14.2. The number of aromatic nitrogens is 1. The van der Waals surface area contributed by atoms with Gasteiger partial charge in [0.2, 0.25) is 5.56 Å². The zero-order valence-electron chi connectivity index (χ0n) is 15.8. The molecule has 1 aromatic heterocycles. The van der Waals surface area contributed by atoms with E-state index in [1.807, 2.05) is 24.3 Å². The van der Waals surface area contributed by atoms with Crippen LogP contribution in [0, 0.1) is 0 Å². The fourth-order valence-corrected chi connectivity index (χ4v) is 3.16. The van der Waals surface area contributed by atoms with Gasteiger partial charge in [0.15, 0.2) is 0 Å². The normalized spacial score (nSPS) is 13.0. The second-order valence-electron chi connectivity index (χ2n) is 6.66. The average molecular weight is 405 g/mol. The summed E-state index contributed by atoms with van der Waals surface area (Å²) in [7, 11) is 1.64. The summed E-state index contributed by atoms with van der Waals surface area (Å²) in [6.45, 7) is 2.42. The zero-order chi connectivity index (χ0) is 19.4. The van der Waals surface area contributed by atoms with Crippen LogP contribution in [0.25, 0.3) is 10.9 Å². The van der Waals surface area contributed by atoms with Gasteiger partial charge in [-0.3, -0.25) is 4.79 Å². The lowest BCUT2D eigenvalue weighted by Crippen LogP contribution is -2.32. The van der Waals surface area contributed by atoms with E-state index in [2.05, 4.69) is 17.2 Å². The number of pyridine rings is 1. The van der Waals surface area contributed by atoms with Crippen molar-refractivity contribution >= 4 is 23.3 Å². The van der Waals surface area contributed by atoms with Crippen molar-refractivity contribution in [1.29, 1.82) is 0 Å². The highest BCUT2D eigenvalue weighted by Crippen LogP contribution is 2.28. The zero-order valence-corrected chi connectivity index (χ0v) is 16.6. The van der Waals surface area contributed by atoms with E-state index in [4.69, 9.17) is 4.74 Å². The van der Waals surface area contributed by atoms with Gasteiger partial charge in [-0.05, 0) is 48.7 Å². The summed E-state index contributed by atoms with van der Waals surface area (Å²) in [5.74, 6) is 0.812. The molecule has 0 aliphatic rings. The third-order valence-corrected chi connectivity index (χ3v) is 4.63. The van der Waals surface area contributed by atoms with Crippen molar-refractivity contribution < 1.29 is 14.9 Å². The molecule has 2 atom stereocenters. The smallest absolute Gasteiger partial charge is 0.248 e. The molecule has 0 aliphatic carbocycles. The molecule has 0 unspecified atom stereocenters. The minimum atomic E-state index is -0.766. The maximum Gasteiger partial charge on any atom is 0.248 e. The van der Waals surface area contributed by atoms with E-state index in [9.17, 15) is 15.0 Å². The van der Waals surface area contributed by atoms with Crippen molar-refractivity contribution in [2.45, 2.75) is 25.5 Å². The Labute approximate surface area is 169 Å². The first-order valence-corrected chi connectivity index (χ1v) is 8.87. The Hall–Kier alpha value is -2.54. The van der Waals surface area contributed by atoms with Crippen molar-refractivity contribution in [3.63, 3.8) is 0 Å². The molecule has 0 saturated heterocycles. The molecular formula is C21H25ClN2O4. The first-order chi connectivity index (χ1) is 13.0. The molecule has 0 fully saturated rings. The number of aromatic hydroxyl groups is 1. The van der Waals surface area contributed by atoms with Gasteiger partial charge in [-0.2, -0.15) is 0 Å². The highest BCUT2D eigenvalue weighted by Gasteiger charge is 2.15. The van der Waals surface area contributed by atoms with Crippen LogP contribution in [0.1, 0.15) is 24.2 Å². The number of hydrogen-bond acceptors (Lipinski definition) is 5. The van der Waals surface area contributed by atoms with Gasteiger partial charge in [0.1, 0.15) is 11.5 Å². The van der Waals surface area contributed by atoms with Crippen LogP contribution >= 0.6 is 12.4 Å². The number of phenols is 1. The molecule has 28 heavy (non-hydrogen) atoms. The average Bonchev–Trinajstić information content (AvgIpc) is 2.67. The van der Waals surface area contributed by atoms with E-state index in [0.29, 0.717) is 23.0 Å². The lowest BCUT2D eigenvalue weighted by molar-refractivity contribution is 0.172. The molecule has 150 valence electrons. The summed E-state index contributed by atoms with van der Waals surface area (Å²) in [5, 5.41) is 24.5. The summed E-state index contributed by atoms with van der Waals surface area (Å²) in [5.41, 5.74) is 1.88. The van der Waals surface area contributed by atoms with Crippen molar-refractivity contribution in [2.75, 3.05) is 13.7 Å². The number of ether oxygens (including phenoxy) is 1. The van der Waals surface area contributed by atoms with Gasteiger partial charge >= 0.3 is 0 Å². The van der Waals surface area contributed by atoms with Crippen LogP contribution in [0.3, 0.4) is 0 Å². The van der Waals surface area contributed by atoms with Crippen molar-refractivity contribution in [2.24, 2.45) is 0 Å². The standard InChI is InChI=1S/C21H24N2O4.ClH/c1-13(11-14-3-5-15(27-2)6-4-14)22-12-19(25)16-7-9-18(24)21-17(16)8-10-20(26)23-21;/h3-10,13,19,22,24-25H,11-12H2,1-2H3,(H,23,26);1H/t13-,19+;/m0./s1. The molecule has 3 rings (SSSR count). The molecule has 0 spiro atoms. The predicted octanol–water partition coefficient (Wildman–Crippen LogP) is 2.92. The van der Waals surface area contributed by atoms with Gasteiger partial charge in [-0.15, -0.1) is 12.4 Å². The Balaban J connectivity index is 0.00000280. The van der Waals surface area contributed by atoms with E-state index in [1.165, 1.54) is 17.7 Å². The second kappa shape index (κ2) is 9.59. The Morgan fingerprint density at radius 3 is 2.50 bits per heavy atom. The first kappa shape index (κ1) is 21.8. The van der Waals surface area contributed by atoms with Crippen molar-refractivity contribution in [3.8, 4) is 11.5 Å². The number of H-pyrrole nitrogens is 1. The summed E-state index contributed by atoms with van der Waals surface area (Å²) >= 11 is 0. The molecule has 2 aromatic carbocycles. The quantitative estimate of drug-likeness (QED) is 0.485. The highest BCUT2D eigenvalue weighted by atomic mass is 35.5. The van der Waals surface area contributed by atoms with Gasteiger partial charge in [0.05, 0.1) is 18.7 Å². The molecule has 7 heteroatoms. The van der Waals surface area contributed by atoms with Gasteiger partial charge < -0.3 is 25.3 Å². The molecule has 4 N–H and O–H groups in total. The minimum Gasteiger partial charge on any atom is -0.506 e. The molecule has 0 bridgehead atoms. The van der Waals surface area contributed by atoms with E-state index in [1.54, 1.807) is 19.2 Å². The molecule has 1 heterocycles. The molecule has 0 radical (unpaired) electrons. The third kappa shape index (κ3) is 5.04. The number of aliphatic hydroxyl groups excluding tert-OH is 1. The topological polar surface area (TPSA) is 94.6 Å². The van der Waals surface area contributed by atoms with Gasteiger partial charge in [0.25, 0.3) is 0 Å². The van der Waals surface area contributed by atoms with Crippen LogP contribution in [0.5, 0.6) is 11.5 Å². The van der Waals surface area contributed by atoms with E-state index in [0.717, 1.165) is 12.2 Å². The first-order valence-electron chi connectivity index (χ1n) is 8.87. The highest BCUT2D eigenvalue weighted by molar-refractivity contribution is 5.87. The van der Waals surface area contributed by atoms with Crippen LogP contribution in [0.4, 0.5) is 0 Å². The predicted molar refractivity (Wildman–Crippen MR) is 113 cm³/mol. The van der Waals surface area contributed by atoms with Gasteiger partial charge in [-0.25, -0.2) is 0 Å².